The fourth-order valence-electron chi connectivity index (χ4n) is 1.48. The quantitative estimate of drug-likeness (QED) is 0.551. The Labute approximate surface area is 83.5 Å². The number of carbonyl (C=O) groups is 1. The van der Waals surface area contributed by atoms with Crippen LogP contribution in [0.2, 0.25) is 0 Å². The Hall–Kier alpha value is -0.840. The summed E-state index contributed by atoms with van der Waals surface area (Å²) in [5.74, 6) is -0.689. The van der Waals surface area contributed by atoms with E-state index in [9.17, 15) is 13.2 Å². The molecule has 1 N–H and O–H groups in total. The lowest BCUT2D eigenvalue weighted by Crippen LogP contribution is -2.16. The van der Waals surface area contributed by atoms with Gasteiger partial charge in [-0.25, -0.2) is 8.42 Å². The molecule has 0 saturated heterocycles. The van der Waals surface area contributed by atoms with E-state index in [0.717, 1.165) is 0 Å². The number of rotatable bonds is 5. The van der Waals surface area contributed by atoms with Crippen molar-refractivity contribution >= 4 is 15.8 Å². The van der Waals surface area contributed by atoms with Crippen LogP contribution in [-0.4, -0.2) is 30.5 Å². The predicted molar refractivity (Wildman–Crippen MR) is 52.8 cm³/mol. The Morgan fingerprint density at radius 3 is 2.64 bits per heavy atom. The average Bonchev–Trinajstić information content (AvgIpc) is 2.39. The van der Waals surface area contributed by atoms with E-state index in [2.05, 4.69) is 0 Å². The molecule has 0 bridgehead atoms. The number of unbranched alkanes of at least 4 members (excludes halogenated alkanes) is 1. The molecule has 0 radical (unpaired) electrons. The zero-order chi connectivity index (χ0) is 10.6. The van der Waals surface area contributed by atoms with Crippen LogP contribution >= 0.6 is 0 Å². The summed E-state index contributed by atoms with van der Waals surface area (Å²) in [4.78, 5) is 10.2. The van der Waals surface area contributed by atoms with Crippen LogP contribution in [0.15, 0.2) is 12.2 Å². The lowest BCUT2D eigenvalue weighted by atomic mass is 10.1. The van der Waals surface area contributed by atoms with Crippen LogP contribution in [-0.2, 0) is 14.6 Å². The van der Waals surface area contributed by atoms with Gasteiger partial charge in [0.1, 0.15) is 0 Å². The van der Waals surface area contributed by atoms with E-state index in [1.54, 1.807) is 12.2 Å². The van der Waals surface area contributed by atoms with Crippen LogP contribution < -0.4 is 0 Å². The molecule has 5 heteroatoms. The SMILES string of the molecule is O=C(O)CCCCC1C=CCS1(=O)=O. The van der Waals surface area contributed by atoms with Gasteiger partial charge in [-0.1, -0.05) is 18.6 Å². The molecule has 1 unspecified atom stereocenters. The maximum absolute atomic E-state index is 11.3. The minimum absolute atomic E-state index is 0.122. The van der Waals surface area contributed by atoms with E-state index in [4.69, 9.17) is 5.11 Å². The van der Waals surface area contributed by atoms with Gasteiger partial charge in [0.25, 0.3) is 0 Å². The van der Waals surface area contributed by atoms with Crippen molar-refractivity contribution in [3.8, 4) is 0 Å². The molecule has 1 rings (SSSR count). The first-order valence-corrected chi connectivity index (χ1v) is 6.34. The Kier molecular flexibility index (Phi) is 3.69. The lowest BCUT2D eigenvalue weighted by molar-refractivity contribution is -0.137. The van der Waals surface area contributed by atoms with Crippen LogP contribution in [0.3, 0.4) is 0 Å². The molecule has 0 aliphatic carbocycles. The Bertz CT molecular complexity index is 329. The van der Waals surface area contributed by atoms with Gasteiger partial charge in [0.15, 0.2) is 9.84 Å². The molecule has 0 fully saturated rings. The monoisotopic (exact) mass is 218 g/mol. The lowest BCUT2D eigenvalue weighted by Gasteiger charge is -2.06. The number of hydrogen-bond acceptors (Lipinski definition) is 3. The summed E-state index contributed by atoms with van der Waals surface area (Å²) < 4.78 is 22.6. The molecule has 0 spiro atoms. The fraction of sp³-hybridized carbons (Fsp3) is 0.667. The van der Waals surface area contributed by atoms with Crippen LogP contribution in [0.5, 0.6) is 0 Å². The first-order chi connectivity index (χ1) is 6.52. The Balaban J connectivity index is 2.25. The molecular weight excluding hydrogens is 204 g/mol. The molecule has 0 amide bonds. The van der Waals surface area contributed by atoms with Gasteiger partial charge < -0.3 is 5.11 Å². The highest BCUT2D eigenvalue weighted by Crippen LogP contribution is 2.18. The smallest absolute Gasteiger partial charge is 0.303 e. The summed E-state index contributed by atoms with van der Waals surface area (Å²) in [5, 5.41) is 8.00. The molecule has 1 heterocycles. The highest BCUT2D eigenvalue weighted by Gasteiger charge is 2.25. The number of hydrogen-bond donors (Lipinski definition) is 1. The van der Waals surface area contributed by atoms with E-state index >= 15 is 0 Å². The van der Waals surface area contributed by atoms with Crippen molar-refractivity contribution in [2.24, 2.45) is 0 Å². The fourth-order valence-corrected chi connectivity index (χ4v) is 2.99. The molecule has 0 saturated carbocycles. The summed E-state index contributed by atoms with van der Waals surface area (Å²) in [7, 11) is -2.95. The molecule has 0 aromatic carbocycles. The molecule has 0 aromatic rings. The van der Waals surface area contributed by atoms with Gasteiger partial charge in [-0.2, -0.15) is 0 Å². The van der Waals surface area contributed by atoms with Crippen LogP contribution in [0.25, 0.3) is 0 Å². The van der Waals surface area contributed by atoms with Gasteiger partial charge in [-0.05, 0) is 12.8 Å². The molecule has 14 heavy (non-hydrogen) atoms. The topological polar surface area (TPSA) is 71.4 Å². The van der Waals surface area contributed by atoms with Gasteiger partial charge in [-0.15, -0.1) is 0 Å². The third kappa shape index (κ3) is 3.14. The van der Waals surface area contributed by atoms with Crippen molar-refractivity contribution in [2.45, 2.75) is 30.9 Å². The van der Waals surface area contributed by atoms with Gasteiger partial charge in [-0.3, -0.25) is 4.79 Å². The van der Waals surface area contributed by atoms with Crippen LogP contribution in [0, 0.1) is 0 Å². The summed E-state index contributed by atoms with van der Waals surface area (Å²) >= 11 is 0. The molecule has 1 atom stereocenters. The number of carboxylic acids is 1. The second-order valence-corrected chi connectivity index (χ2v) is 5.70. The van der Waals surface area contributed by atoms with Crippen molar-refractivity contribution in [3.63, 3.8) is 0 Å². The summed E-state index contributed by atoms with van der Waals surface area (Å²) in [6.45, 7) is 0. The third-order valence-corrected chi connectivity index (χ3v) is 4.24. The first kappa shape index (κ1) is 11.2. The zero-order valence-electron chi connectivity index (χ0n) is 7.85. The molecule has 4 nitrogen and oxygen atoms in total. The second-order valence-electron chi connectivity index (χ2n) is 3.44. The normalized spacial score (nSPS) is 23.9. The number of carboxylic acid groups (broad SMARTS) is 1. The van der Waals surface area contributed by atoms with Gasteiger partial charge in [0, 0.05) is 6.42 Å². The third-order valence-electron chi connectivity index (χ3n) is 2.27. The Morgan fingerprint density at radius 1 is 1.43 bits per heavy atom. The maximum Gasteiger partial charge on any atom is 0.303 e. The van der Waals surface area contributed by atoms with E-state index in [1.807, 2.05) is 0 Å². The minimum atomic E-state index is -2.95. The zero-order valence-corrected chi connectivity index (χ0v) is 8.66. The second kappa shape index (κ2) is 4.59. The molecule has 0 aromatic heterocycles. The Morgan fingerprint density at radius 2 is 2.14 bits per heavy atom. The standard InChI is InChI=1S/C9H14O4S/c10-9(11)6-2-1-4-8-5-3-7-14(8,12)13/h3,5,8H,1-2,4,6-7H2,(H,10,11). The van der Waals surface area contributed by atoms with E-state index in [0.29, 0.717) is 19.3 Å². The number of sulfone groups is 1. The number of aliphatic carboxylic acids is 1. The molecule has 1 aliphatic heterocycles. The van der Waals surface area contributed by atoms with E-state index < -0.39 is 15.8 Å². The molecular formula is C9H14O4S. The van der Waals surface area contributed by atoms with Crippen molar-refractivity contribution in [3.05, 3.63) is 12.2 Å². The highest BCUT2D eigenvalue weighted by molar-refractivity contribution is 7.92. The van der Waals surface area contributed by atoms with E-state index in [-0.39, 0.29) is 17.4 Å². The maximum atomic E-state index is 11.3. The van der Waals surface area contributed by atoms with Crippen molar-refractivity contribution in [1.29, 1.82) is 0 Å². The molecule has 80 valence electrons. The van der Waals surface area contributed by atoms with Gasteiger partial charge in [0.2, 0.25) is 0 Å². The predicted octanol–water partition coefficient (Wildman–Crippen LogP) is 0.985. The largest absolute Gasteiger partial charge is 0.481 e. The summed E-state index contributed by atoms with van der Waals surface area (Å²) in [6, 6.07) is 0. The molecule has 1 aliphatic rings. The van der Waals surface area contributed by atoms with Crippen molar-refractivity contribution in [2.75, 3.05) is 5.75 Å². The summed E-state index contributed by atoms with van der Waals surface area (Å²) in [6.07, 6.45) is 5.24. The van der Waals surface area contributed by atoms with Gasteiger partial charge in [0.05, 0.1) is 11.0 Å². The first-order valence-electron chi connectivity index (χ1n) is 4.62. The van der Waals surface area contributed by atoms with Crippen molar-refractivity contribution in [1.82, 2.24) is 0 Å². The van der Waals surface area contributed by atoms with Crippen LogP contribution in [0.4, 0.5) is 0 Å². The summed E-state index contributed by atoms with van der Waals surface area (Å²) in [5.41, 5.74) is 0. The van der Waals surface area contributed by atoms with Crippen LogP contribution in [0.1, 0.15) is 25.7 Å². The van der Waals surface area contributed by atoms with E-state index in [1.165, 1.54) is 0 Å². The highest BCUT2D eigenvalue weighted by atomic mass is 32.2. The van der Waals surface area contributed by atoms with Crippen molar-refractivity contribution < 1.29 is 18.3 Å². The average molecular weight is 218 g/mol. The van der Waals surface area contributed by atoms with Gasteiger partial charge >= 0.3 is 5.97 Å². The minimum Gasteiger partial charge on any atom is -0.481 e.